The maximum Gasteiger partial charge on any atom is 0.284 e. The first-order valence-corrected chi connectivity index (χ1v) is 6.34. The lowest BCUT2D eigenvalue weighted by Gasteiger charge is -2.11. The van der Waals surface area contributed by atoms with Crippen LogP contribution in [-0.4, -0.2) is 9.36 Å². The largest absolute Gasteiger partial charge is 0.284 e. The second-order valence-corrected chi connectivity index (χ2v) is 5.22. The molecule has 88 valence electrons. The molecule has 0 bridgehead atoms. The van der Waals surface area contributed by atoms with Gasteiger partial charge in [0, 0.05) is 17.6 Å². The lowest BCUT2D eigenvalue weighted by Crippen LogP contribution is -2.35. The van der Waals surface area contributed by atoms with Crippen molar-refractivity contribution >= 4 is 31.9 Å². The van der Waals surface area contributed by atoms with Gasteiger partial charge in [-0.1, -0.05) is 15.9 Å². The first-order chi connectivity index (χ1) is 8.00. The van der Waals surface area contributed by atoms with Gasteiger partial charge in [-0.25, -0.2) is 9.36 Å². The van der Waals surface area contributed by atoms with Crippen molar-refractivity contribution < 1.29 is 0 Å². The summed E-state index contributed by atoms with van der Waals surface area (Å²) in [6.07, 6.45) is 0. The Kier molecular flexibility index (Phi) is 3.35. The molecule has 0 aliphatic heterocycles. The van der Waals surface area contributed by atoms with Gasteiger partial charge in [0.05, 0.1) is 10.2 Å². The molecule has 1 aromatic heterocycles. The molecule has 0 radical (unpaired) electrons. The molecule has 0 unspecified atom stereocenters. The quantitative estimate of drug-likeness (QED) is 0.782. The van der Waals surface area contributed by atoms with Crippen LogP contribution in [0.3, 0.4) is 0 Å². The van der Waals surface area contributed by atoms with Gasteiger partial charge in [0.2, 0.25) is 0 Å². The predicted octanol–water partition coefficient (Wildman–Crippen LogP) is 2.06. The van der Waals surface area contributed by atoms with E-state index in [9.17, 15) is 9.59 Å². The van der Waals surface area contributed by atoms with E-state index in [1.165, 1.54) is 15.4 Å². The zero-order valence-corrected chi connectivity index (χ0v) is 12.0. The number of benzene rings is 1. The molecule has 2 aromatic rings. The van der Waals surface area contributed by atoms with Crippen LogP contribution in [0.25, 0.3) is 5.69 Å². The molecule has 17 heavy (non-hydrogen) atoms. The standard InChI is InChI=1S/C11H8Br2N2O2/c1-14-10(16)6-9(13)11(17)15(14)8-4-2-7(12)3-5-8/h2-6H,1H3. The highest BCUT2D eigenvalue weighted by Gasteiger charge is 2.08. The summed E-state index contributed by atoms with van der Waals surface area (Å²) in [6, 6.07) is 8.41. The zero-order chi connectivity index (χ0) is 12.6. The SMILES string of the molecule is Cn1c(=O)cc(Br)c(=O)n1-c1ccc(Br)cc1. The summed E-state index contributed by atoms with van der Waals surface area (Å²) >= 11 is 6.41. The van der Waals surface area contributed by atoms with Crippen LogP contribution in [0.4, 0.5) is 0 Å². The van der Waals surface area contributed by atoms with Gasteiger partial charge in [-0.3, -0.25) is 9.59 Å². The number of nitrogens with zero attached hydrogens (tertiary/aromatic N) is 2. The van der Waals surface area contributed by atoms with Crippen LogP contribution in [0.1, 0.15) is 0 Å². The van der Waals surface area contributed by atoms with Gasteiger partial charge in [-0.15, -0.1) is 0 Å². The molecule has 1 aromatic carbocycles. The maximum atomic E-state index is 12.0. The van der Waals surface area contributed by atoms with Crippen molar-refractivity contribution in [3.05, 3.63) is 60.0 Å². The monoisotopic (exact) mass is 358 g/mol. The number of hydrogen-bond donors (Lipinski definition) is 0. The van der Waals surface area contributed by atoms with Crippen LogP contribution < -0.4 is 11.1 Å². The minimum atomic E-state index is -0.269. The molecule has 0 spiro atoms. The minimum Gasteiger partial charge on any atom is -0.268 e. The maximum absolute atomic E-state index is 12.0. The highest BCUT2D eigenvalue weighted by molar-refractivity contribution is 9.10. The van der Waals surface area contributed by atoms with Gasteiger partial charge in [-0.2, -0.15) is 0 Å². The van der Waals surface area contributed by atoms with Crippen LogP contribution in [0.15, 0.2) is 48.9 Å². The molecule has 1 heterocycles. The Balaban J connectivity index is 2.79. The van der Waals surface area contributed by atoms with Gasteiger partial charge in [-0.05, 0) is 40.2 Å². The number of rotatable bonds is 1. The lowest BCUT2D eigenvalue weighted by molar-refractivity contribution is 0.590. The molecule has 0 saturated carbocycles. The molecule has 4 nitrogen and oxygen atoms in total. The predicted molar refractivity (Wildman–Crippen MR) is 72.7 cm³/mol. The van der Waals surface area contributed by atoms with E-state index in [4.69, 9.17) is 0 Å². The van der Waals surface area contributed by atoms with E-state index in [0.29, 0.717) is 5.69 Å². The fraction of sp³-hybridized carbons (Fsp3) is 0.0909. The number of halogens is 2. The average Bonchev–Trinajstić information content (AvgIpc) is 2.29. The Morgan fingerprint density at radius 1 is 1.06 bits per heavy atom. The van der Waals surface area contributed by atoms with Crippen LogP contribution >= 0.6 is 31.9 Å². The molecule has 0 atom stereocenters. The molecule has 0 aliphatic carbocycles. The third kappa shape index (κ3) is 2.28. The first kappa shape index (κ1) is 12.3. The summed E-state index contributed by atoms with van der Waals surface area (Å²) in [4.78, 5) is 23.6. The van der Waals surface area contributed by atoms with Crippen LogP contribution in [-0.2, 0) is 7.05 Å². The van der Waals surface area contributed by atoms with E-state index in [2.05, 4.69) is 31.9 Å². The van der Waals surface area contributed by atoms with Crippen molar-refractivity contribution in [1.29, 1.82) is 0 Å². The van der Waals surface area contributed by atoms with Crippen molar-refractivity contribution in [2.45, 2.75) is 0 Å². The third-order valence-electron chi connectivity index (χ3n) is 2.34. The van der Waals surface area contributed by atoms with E-state index in [1.54, 1.807) is 19.2 Å². The van der Waals surface area contributed by atoms with Gasteiger partial charge in [0.25, 0.3) is 11.1 Å². The average molecular weight is 360 g/mol. The fourth-order valence-corrected chi connectivity index (χ4v) is 2.10. The van der Waals surface area contributed by atoms with Gasteiger partial charge in [0.1, 0.15) is 0 Å². The van der Waals surface area contributed by atoms with Gasteiger partial charge >= 0.3 is 0 Å². The Bertz CT molecular complexity index is 671. The number of aromatic nitrogens is 2. The molecule has 0 aliphatic rings. The Morgan fingerprint density at radius 2 is 1.65 bits per heavy atom. The Labute approximate surface area is 114 Å². The minimum absolute atomic E-state index is 0.251. The Hall–Kier alpha value is -1.14. The van der Waals surface area contributed by atoms with Crippen molar-refractivity contribution in [2.75, 3.05) is 0 Å². The summed E-state index contributed by atoms with van der Waals surface area (Å²) in [6.45, 7) is 0. The van der Waals surface area contributed by atoms with Crippen molar-refractivity contribution in [3.8, 4) is 5.69 Å². The highest BCUT2D eigenvalue weighted by Crippen LogP contribution is 2.12. The first-order valence-electron chi connectivity index (χ1n) is 4.75. The van der Waals surface area contributed by atoms with Crippen LogP contribution in [0.2, 0.25) is 0 Å². The summed E-state index contributed by atoms with van der Waals surface area (Å²) in [5.74, 6) is 0. The molecule has 0 amide bonds. The Morgan fingerprint density at radius 3 is 2.24 bits per heavy atom. The van der Waals surface area contributed by atoms with E-state index in [-0.39, 0.29) is 15.6 Å². The zero-order valence-electron chi connectivity index (χ0n) is 8.85. The van der Waals surface area contributed by atoms with E-state index < -0.39 is 0 Å². The van der Waals surface area contributed by atoms with Crippen LogP contribution in [0.5, 0.6) is 0 Å². The topological polar surface area (TPSA) is 44.0 Å². The molecule has 0 saturated heterocycles. The number of hydrogen-bond acceptors (Lipinski definition) is 2. The fourth-order valence-electron chi connectivity index (χ4n) is 1.47. The molecule has 6 heteroatoms. The summed E-state index contributed by atoms with van der Waals surface area (Å²) in [7, 11) is 1.55. The lowest BCUT2D eigenvalue weighted by atomic mass is 10.3. The third-order valence-corrected chi connectivity index (χ3v) is 3.43. The second-order valence-electron chi connectivity index (χ2n) is 3.45. The molecule has 0 fully saturated rings. The van der Waals surface area contributed by atoms with Gasteiger partial charge < -0.3 is 0 Å². The highest BCUT2D eigenvalue weighted by atomic mass is 79.9. The van der Waals surface area contributed by atoms with Gasteiger partial charge in [0.15, 0.2) is 0 Å². The summed E-state index contributed by atoms with van der Waals surface area (Å²) in [5.41, 5.74) is 0.118. The summed E-state index contributed by atoms with van der Waals surface area (Å²) in [5, 5.41) is 0. The smallest absolute Gasteiger partial charge is 0.268 e. The van der Waals surface area contributed by atoms with E-state index in [1.807, 2.05) is 12.1 Å². The van der Waals surface area contributed by atoms with E-state index >= 15 is 0 Å². The molecular weight excluding hydrogens is 352 g/mol. The molecule has 0 N–H and O–H groups in total. The second kappa shape index (κ2) is 4.62. The van der Waals surface area contributed by atoms with Crippen molar-refractivity contribution in [3.63, 3.8) is 0 Å². The summed E-state index contributed by atoms with van der Waals surface area (Å²) < 4.78 is 3.76. The normalized spacial score (nSPS) is 10.5. The van der Waals surface area contributed by atoms with E-state index in [0.717, 1.165) is 4.47 Å². The van der Waals surface area contributed by atoms with Crippen LogP contribution in [0, 0.1) is 0 Å². The van der Waals surface area contributed by atoms with Crippen molar-refractivity contribution in [2.24, 2.45) is 7.05 Å². The van der Waals surface area contributed by atoms with Crippen molar-refractivity contribution in [1.82, 2.24) is 9.36 Å². The molecule has 2 rings (SSSR count). The molecular formula is C11H8Br2N2O2.